The molecule has 6 nitrogen and oxygen atoms in total. The molecule has 0 bridgehead atoms. The lowest BCUT2D eigenvalue weighted by atomic mass is 10.1. The highest BCUT2D eigenvalue weighted by Gasteiger charge is 2.16. The van der Waals surface area contributed by atoms with Crippen LogP contribution in [0, 0.1) is 16.0 Å². The lowest BCUT2D eigenvalue weighted by Gasteiger charge is -2.18. The molecule has 0 aromatic rings. The van der Waals surface area contributed by atoms with Gasteiger partial charge in [0, 0.05) is 33.2 Å². The van der Waals surface area contributed by atoms with Crippen LogP contribution in [-0.2, 0) is 4.74 Å². The Balaban J connectivity index is 2.40. The van der Waals surface area contributed by atoms with E-state index in [9.17, 15) is 10.1 Å². The van der Waals surface area contributed by atoms with E-state index in [0.717, 1.165) is 32.4 Å². The van der Waals surface area contributed by atoms with Crippen LogP contribution in [0.3, 0.4) is 0 Å². The molecule has 86 valence electrons. The van der Waals surface area contributed by atoms with E-state index >= 15 is 0 Å². The molecule has 1 aliphatic heterocycles. The normalized spacial score (nSPS) is 21.5. The predicted octanol–water partition coefficient (Wildman–Crippen LogP) is 0.250. The third-order valence-corrected chi connectivity index (χ3v) is 2.31. The van der Waals surface area contributed by atoms with Gasteiger partial charge in [-0.1, -0.05) is 0 Å². The number of hydrogen-bond donors (Lipinski definition) is 1. The average Bonchev–Trinajstić information content (AvgIpc) is 2.63. The molecule has 15 heavy (non-hydrogen) atoms. The van der Waals surface area contributed by atoms with Gasteiger partial charge in [-0.25, -0.2) is 0 Å². The number of nitrogens with one attached hydrogen (secondary N) is 1. The van der Waals surface area contributed by atoms with E-state index < -0.39 is 4.92 Å². The third kappa shape index (κ3) is 4.16. The van der Waals surface area contributed by atoms with Crippen molar-refractivity contribution in [1.82, 2.24) is 10.2 Å². The summed E-state index contributed by atoms with van der Waals surface area (Å²) in [5, 5.41) is 13.4. The molecule has 1 N–H and O–H groups in total. The fourth-order valence-electron chi connectivity index (χ4n) is 1.41. The number of rotatable bonds is 5. The van der Waals surface area contributed by atoms with Crippen LogP contribution in [0.4, 0.5) is 0 Å². The van der Waals surface area contributed by atoms with E-state index in [1.807, 2.05) is 0 Å². The summed E-state index contributed by atoms with van der Waals surface area (Å²) < 4.78 is 5.22. The molecular weight excluding hydrogens is 198 g/mol. The van der Waals surface area contributed by atoms with E-state index in [4.69, 9.17) is 4.74 Å². The minimum atomic E-state index is -0.451. The second kappa shape index (κ2) is 5.55. The molecule has 1 unspecified atom stereocenters. The number of ether oxygens (including phenoxy) is 1. The maximum atomic E-state index is 10.3. The Kier molecular flexibility index (Phi) is 4.36. The van der Waals surface area contributed by atoms with Gasteiger partial charge < -0.3 is 15.0 Å². The fourth-order valence-corrected chi connectivity index (χ4v) is 1.41. The molecule has 0 spiro atoms. The molecule has 0 radical (unpaired) electrons. The first-order valence-corrected chi connectivity index (χ1v) is 4.94. The summed E-state index contributed by atoms with van der Waals surface area (Å²) in [6.45, 7) is 2.26. The number of hydrogen-bond acceptors (Lipinski definition) is 5. The van der Waals surface area contributed by atoms with Crippen LogP contribution < -0.4 is 5.32 Å². The smallest absolute Gasteiger partial charge is 0.274 e. The van der Waals surface area contributed by atoms with Crippen molar-refractivity contribution in [3.05, 3.63) is 22.1 Å². The first-order valence-electron chi connectivity index (χ1n) is 4.94. The highest BCUT2D eigenvalue weighted by Crippen LogP contribution is 2.11. The van der Waals surface area contributed by atoms with Gasteiger partial charge >= 0.3 is 0 Å². The van der Waals surface area contributed by atoms with Gasteiger partial charge in [-0.15, -0.1) is 0 Å². The standard InChI is InChI=1S/C9H17N3O3/c1-11(2)9(6-12(13)14)10-5-8-3-4-15-7-8/h6,8,10H,3-5,7H2,1-2H3/b9-6-. The van der Waals surface area contributed by atoms with Crippen molar-refractivity contribution in [2.75, 3.05) is 33.9 Å². The third-order valence-electron chi connectivity index (χ3n) is 2.31. The molecule has 0 aliphatic carbocycles. The topological polar surface area (TPSA) is 67.6 Å². The fraction of sp³-hybridized carbons (Fsp3) is 0.778. The Morgan fingerprint density at radius 1 is 1.73 bits per heavy atom. The van der Waals surface area contributed by atoms with Crippen LogP contribution >= 0.6 is 0 Å². The second-order valence-corrected chi connectivity index (χ2v) is 3.80. The van der Waals surface area contributed by atoms with E-state index in [1.54, 1.807) is 19.0 Å². The molecule has 1 heterocycles. The van der Waals surface area contributed by atoms with Gasteiger partial charge in [0.25, 0.3) is 6.20 Å². The van der Waals surface area contributed by atoms with Crippen molar-refractivity contribution in [1.29, 1.82) is 0 Å². The minimum absolute atomic E-state index is 0.451. The highest BCUT2D eigenvalue weighted by molar-refractivity contribution is 4.92. The van der Waals surface area contributed by atoms with Crippen molar-refractivity contribution < 1.29 is 9.66 Å². The molecule has 1 saturated heterocycles. The van der Waals surface area contributed by atoms with Gasteiger partial charge in [-0.3, -0.25) is 10.1 Å². The maximum absolute atomic E-state index is 10.3. The average molecular weight is 215 g/mol. The van der Waals surface area contributed by atoms with Crippen LogP contribution in [0.1, 0.15) is 6.42 Å². The van der Waals surface area contributed by atoms with Crippen molar-refractivity contribution >= 4 is 0 Å². The first-order chi connectivity index (χ1) is 7.09. The molecule has 1 aliphatic rings. The number of nitro groups is 1. The molecule has 6 heteroatoms. The van der Waals surface area contributed by atoms with Gasteiger partial charge in [0.2, 0.25) is 0 Å². The molecule has 0 aromatic carbocycles. The monoisotopic (exact) mass is 215 g/mol. The highest BCUT2D eigenvalue weighted by atomic mass is 16.6. The van der Waals surface area contributed by atoms with Crippen LogP contribution in [0.2, 0.25) is 0 Å². The zero-order valence-electron chi connectivity index (χ0n) is 9.10. The summed E-state index contributed by atoms with van der Waals surface area (Å²) >= 11 is 0. The SMILES string of the molecule is CN(C)/C(=C\[N+](=O)[O-])NCC1CCOC1. The van der Waals surface area contributed by atoms with Gasteiger partial charge in [-0.2, -0.15) is 0 Å². The van der Waals surface area contributed by atoms with Crippen molar-refractivity contribution in [3.8, 4) is 0 Å². The van der Waals surface area contributed by atoms with Crippen LogP contribution in [0.25, 0.3) is 0 Å². The molecule has 1 rings (SSSR count). The molecule has 0 aromatic heterocycles. The largest absolute Gasteiger partial charge is 0.381 e. The van der Waals surface area contributed by atoms with Crippen LogP contribution in [0.15, 0.2) is 12.0 Å². The summed E-state index contributed by atoms with van der Waals surface area (Å²) in [5.41, 5.74) is 0. The minimum Gasteiger partial charge on any atom is -0.381 e. The number of nitrogens with zero attached hydrogens (tertiary/aromatic N) is 2. The molecule has 1 fully saturated rings. The lowest BCUT2D eigenvalue weighted by Crippen LogP contribution is -2.30. The molecule has 0 saturated carbocycles. The Bertz CT molecular complexity index is 247. The Morgan fingerprint density at radius 3 is 2.93 bits per heavy atom. The van der Waals surface area contributed by atoms with Crippen molar-refractivity contribution in [2.24, 2.45) is 5.92 Å². The van der Waals surface area contributed by atoms with Crippen molar-refractivity contribution in [2.45, 2.75) is 6.42 Å². The Hall–Kier alpha value is -1.30. The molecule has 1 atom stereocenters. The lowest BCUT2D eigenvalue weighted by molar-refractivity contribution is -0.404. The van der Waals surface area contributed by atoms with Gasteiger partial charge in [0.1, 0.15) is 0 Å². The quantitative estimate of drug-likeness (QED) is 0.526. The van der Waals surface area contributed by atoms with Crippen LogP contribution in [-0.4, -0.2) is 43.7 Å². The summed E-state index contributed by atoms with van der Waals surface area (Å²) in [7, 11) is 3.54. The van der Waals surface area contributed by atoms with E-state index in [1.165, 1.54) is 0 Å². The van der Waals surface area contributed by atoms with Gasteiger partial charge in [0.05, 0.1) is 11.5 Å². The summed E-state index contributed by atoms with van der Waals surface area (Å²) in [5.74, 6) is 0.979. The summed E-state index contributed by atoms with van der Waals surface area (Å²) in [6.07, 6.45) is 2.00. The van der Waals surface area contributed by atoms with Crippen molar-refractivity contribution in [3.63, 3.8) is 0 Å². The first kappa shape index (κ1) is 11.8. The van der Waals surface area contributed by atoms with E-state index in [-0.39, 0.29) is 0 Å². The van der Waals surface area contributed by atoms with Gasteiger partial charge in [-0.05, 0) is 6.42 Å². The zero-order valence-corrected chi connectivity index (χ0v) is 9.10. The van der Waals surface area contributed by atoms with Gasteiger partial charge in [0.15, 0.2) is 5.82 Å². The summed E-state index contributed by atoms with van der Waals surface area (Å²) in [4.78, 5) is 11.6. The van der Waals surface area contributed by atoms with E-state index in [0.29, 0.717) is 11.7 Å². The Labute approximate surface area is 89.0 Å². The predicted molar refractivity (Wildman–Crippen MR) is 55.7 cm³/mol. The zero-order chi connectivity index (χ0) is 11.3. The molecule has 0 amide bonds. The van der Waals surface area contributed by atoms with E-state index in [2.05, 4.69) is 5.32 Å². The van der Waals surface area contributed by atoms with Crippen LogP contribution in [0.5, 0.6) is 0 Å². The maximum Gasteiger partial charge on any atom is 0.274 e. The Morgan fingerprint density at radius 2 is 2.47 bits per heavy atom. The second-order valence-electron chi connectivity index (χ2n) is 3.80. The summed E-state index contributed by atoms with van der Waals surface area (Å²) in [6, 6.07) is 0. The molecular formula is C9H17N3O3.